The van der Waals surface area contributed by atoms with Gasteiger partial charge in [-0.25, -0.2) is 0 Å². The summed E-state index contributed by atoms with van der Waals surface area (Å²) in [6.07, 6.45) is 0. The van der Waals surface area contributed by atoms with Crippen molar-refractivity contribution in [1.29, 1.82) is 0 Å². The van der Waals surface area contributed by atoms with Gasteiger partial charge in [0.25, 0.3) is 0 Å². The van der Waals surface area contributed by atoms with Gasteiger partial charge in [0, 0.05) is 7.05 Å². The normalized spacial score (nSPS) is 10.7. The van der Waals surface area contributed by atoms with Crippen LogP contribution in [0.1, 0.15) is 22.5 Å². The zero-order chi connectivity index (χ0) is 13.3. The Morgan fingerprint density at radius 1 is 1.28 bits per heavy atom. The van der Waals surface area contributed by atoms with E-state index in [-0.39, 0.29) is 0 Å². The highest BCUT2D eigenvalue weighted by molar-refractivity contribution is 9.10. The highest BCUT2D eigenvalue weighted by atomic mass is 79.9. The van der Waals surface area contributed by atoms with Crippen molar-refractivity contribution in [3.63, 3.8) is 0 Å². The third-order valence-electron chi connectivity index (χ3n) is 2.96. The Morgan fingerprint density at radius 3 is 2.56 bits per heavy atom. The topological polar surface area (TPSA) is 27.1 Å². The molecule has 0 saturated carbocycles. The Labute approximate surface area is 116 Å². The lowest BCUT2D eigenvalue weighted by Crippen LogP contribution is -2.04. The molecule has 1 aromatic heterocycles. The van der Waals surface area contributed by atoms with Crippen LogP contribution in [0, 0.1) is 20.8 Å². The summed E-state index contributed by atoms with van der Waals surface area (Å²) in [6, 6.07) is 6.20. The molecule has 18 heavy (non-hydrogen) atoms. The summed E-state index contributed by atoms with van der Waals surface area (Å²) in [5, 5.41) is 4.35. The predicted molar refractivity (Wildman–Crippen MR) is 75.9 cm³/mol. The van der Waals surface area contributed by atoms with E-state index < -0.39 is 0 Å². The molecule has 0 amide bonds. The summed E-state index contributed by atoms with van der Waals surface area (Å²) in [5.74, 6) is 0.923. The zero-order valence-corrected chi connectivity index (χ0v) is 12.7. The van der Waals surface area contributed by atoms with Crippen LogP contribution in [0.2, 0.25) is 0 Å². The fourth-order valence-corrected chi connectivity index (χ4v) is 2.39. The minimum atomic E-state index is 0.516. The van der Waals surface area contributed by atoms with Crippen LogP contribution in [0.3, 0.4) is 0 Å². The van der Waals surface area contributed by atoms with E-state index in [4.69, 9.17) is 4.74 Å². The van der Waals surface area contributed by atoms with Crippen LogP contribution in [0.25, 0.3) is 0 Å². The van der Waals surface area contributed by atoms with E-state index in [0.717, 1.165) is 27.2 Å². The first kappa shape index (κ1) is 13.1. The average molecular weight is 309 g/mol. The molecular formula is C14H17BrN2O. The quantitative estimate of drug-likeness (QED) is 0.864. The maximum atomic E-state index is 5.86. The Balaban J connectivity index is 2.16. The molecule has 1 heterocycles. The second-order valence-electron chi connectivity index (χ2n) is 4.53. The molecular weight excluding hydrogens is 292 g/mol. The van der Waals surface area contributed by atoms with Crippen molar-refractivity contribution < 1.29 is 4.74 Å². The molecule has 0 saturated heterocycles. The van der Waals surface area contributed by atoms with E-state index in [2.05, 4.69) is 47.0 Å². The summed E-state index contributed by atoms with van der Waals surface area (Å²) in [6.45, 7) is 6.64. The second-order valence-corrected chi connectivity index (χ2v) is 5.32. The first-order chi connectivity index (χ1) is 8.49. The van der Waals surface area contributed by atoms with Gasteiger partial charge in [-0.2, -0.15) is 5.10 Å². The molecule has 0 fully saturated rings. The molecule has 0 aliphatic rings. The van der Waals surface area contributed by atoms with Gasteiger partial charge in [0.1, 0.15) is 12.4 Å². The number of halogens is 1. The average Bonchev–Trinajstić information content (AvgIpc) is 2.53. The van der Waals surface area contributed by atoms with Crippen LogP contribution in [-0.2, 0) is 13.7 Å². The van der Waals surface area contributed by atoms with Crippen molar-refractivity contribution >= 4 is 15.9 Å². The van der Waals surface area contributed by atoms with Crippen LogP contribution < -0.4 is 4.74 Å². The molecule has 4 heteroatoms. The summed E-state index contributed by atoms with van der Waals surface area (Å²) < 4.78 is 8.74. The summed E-state index contributed by atoms with van der Waals surface area (Å²) in [5.41, 5.74) is 4.44. The number of ether oxygens (including phenoxy) is 1. The van der Waals surface area contributed by atoms with E-state index in [0.29, 0.717) is 6.61 Å². The maximum absolute atomic E-state index is 5.86. The van der Waals surface area contributed by atoms with Gasteiger partial charge in [0.15, 0.2) is 0 Å². The van der Waals surface area contributed by atoms with Gasteiger partial charge in [-0.3, -0.25) is 4.68 Å². The van der Waals surface area contributed by atoms with Crippen molar-refractivity contribution in [3.05, 3.63) is 45.2 Å². The van der Waals surface area contributed by atoms with Crippen molar-refractivity contribution in [3.8, 4) is 5.75 Å². The third-order valence-corrected chi connectivity index (χ3v) is 3.99. The van der Waals surface area contributed by atoms with Gasteiger partial charge < -0.3 is 4.74 Å². The smallest absolute Gasteiger partial charge is 0.131 e. The molecule has 0 N–H and O–H groups in total. The van der Waals surface area contributed by atoms with E-state index in [1.54, 1.807) is 0 Å². The van der Waals surface area contributed by atoms with Crippen LogP contribution in [0.4, 0.5) is 0 Å². The largest absolute Gasteiger partial charge is 0.487 e. The highest BCUT2D eigenvalue weighted by Crippen LogP contribution is 2.24. The Kier molecular flexibility index (Phi) is 3.76. The number of rotatable bonds is 3. The van der Waals surface area contributed by atoms with Gasteiger partial charge in [-0.15, -0.1) is 0 Å². The summed E-state index contributed by atoms with van der Waals surface area (Å²) in [4.78, 5) is 0. The fourth-order valence-electron chi connectivity index (χ4n) is 1.94. The molecule has 0 aliphatic carbocycles. The number of benzene rings is 1. The van der Waals surface area contributed by atoms with Crippen LogP contribution in [0.15, 0.2) is 22.7 Å². The van der Waals surface area contributed by atoms with E-state index >= 15 is 0 Å². The lowest BCUT2D eigenvalue weighted by molar-refractivity contribution is 0.292. The standard InChI is InChI=1S/C14H17BrN2O/c1-9-5-6-13(10(2)7-9)18-8-12-14(15)11(3)16-17(12)4/h5-7H,8H2,1-4H3. The van der Waals surface area contributed by atoms with Crippen molar-refractivity contribution in [2.24, 2.45) is 7.05 Å². The Morgan fingerprint density at radius 2 is 2.00 bits per heavy atom. The number of nitrogens with zero attached hydrogens (tertiary/aromatic N) is 2. The van der Waals surface area contributed by atoms with Crippen LogP contribution >= 0.6 is 15.9 Å². The maximum Gasteiger partial charge on any atom is 0.131 e. The molecule has 0 atom stereocenters. The number of aromatic nitrogens is 2. The molecule has 2 rings (SSSR count). The number of aryl methyl sites for hydroxylation is 4. The summed E-state index contributed by atoms with van der Waals surface area (Å²) in [7, 11) is 1.93. The molecule has 96 valence electrons. The highest BCUT2D eigenvalue weighted by Gasteiger charge is 2.11. The van der Waals surface area contributed by atoms with E-state index in [1.165, 1.54) is 5.56 Å². The van der Waals surface area contributed by atoms with Crippen molar-refractivity contribution in [2.75, 3.05) is 0 Å². The summed E-state index contributed by atoms with van der Waals surface area (Å²) >= 11 is 3.54. The molecule has 0 bridgehead atoms. The predicted octanol–water partition coefficient (Wildman–Crippen LogP) is 3.69. The minimum Gasteiger partial charge on any atom is -0.487 e. The molecule has 2 aromatic rings. The second kappa shape index (κ2) is 5.14. The van der Waals surface area contributed by atoms with E-state index in [1.807, 2.05) is 24.7 Å². The Hall–Kier alpha value is -1.29. The monoisotopic (exact) mass is 308 g/mol. The lowest BCUT2D eigenvalue weighted by atomic mass is 10.1. The zero-order valence-electron chi connectivity index (χ0n) is 11.1. The molecule has 0 radical (unpaired) electrons. The van der Waals surface area contributed by atoms with Gasteiger partial charge >= 0.3 is 0 Å². The molecule has 1 aromatic carbocycles. The van der Waals surface area contributed by atoms with Gasteiger partial charge in [-0.05, 0) is 48.3 Å². The minimum absolute atomic E-state index is 0.516. The van der Waals surface area contributed by atoms with Crippen molar-refractivity contribution in [1.82, 2.24) is 9.78 Å². The number of hydrogen-bond acceptors (Lipinski definition) is 2. The Bertz CT molecular complexity index is 575. The molecule has 0 spiro atoms. The van der Waals surface area contributed by atoms with Crippen molar-refractivity contribution in [2.45, 2.75) is 27.4 Å². The molecule has 0 unspecified atom stereocenters. The molecule has 3 nitrogen and oxygen atoms in total. The molecule has 0 aliphatic heterocycles. The SMILES string of the molecule is Cc1ccc(OCc2c(Br)c(C)nn2C)c(C)c1. The third kappa shape index (κ3) is 2.58. The van der Waals surface area contributed by atoms with Gasteiger partial charge in [0.2, 0.25) is 0 Å². The number of hydrogen-bond donors (Lipinski definition) is 0. The first-order valence-electron chi connectivity index (χ1n) is 5.87. The van der Waals surface area contributed by atoms with Gasteiger partial charge in [0.05, 0.1) is 15.9 Å². The first-order valence-corrected chi connectivity index (χ1v) is 6.66. The van der Waals surface area contributed by atoms with E-state index in [9.17, 15) is 0 Å². The van der Waals surface area contributed by atoms with Crippen LogP contribution in [0.5, 0.6) is 5.75 Å². The fraction of sp³-hybridized carbons (Fsp3) is 0.357. The van der Waals surface area contributed by atoms with Crippen LogP contribution in [-0.4, -0.2) is 9.78 Å². The lowest BCUT2D eigenvalue weighted by Gasteiger charge is -2.10. The van der Waals surface area contributed by atoms with Gasteiger partial charge in [-0.1, -0.05) is 17.7 Å².